The number of nitrogens with zero attached hydrogens (tertiary/aromatic N) is 1. The van der Waals surface area contributed by atoms with Gasteiger partial charge >= 0.3 is 0 Å². The van der Waals surface area contributed by atoms with Crippen LogP contribution in [-0.2, 0) is 0 Å². The molecule has 0 unspecified atom stereocenters. The van der Waals surface area contributed by atoms with Gasteiger partial charge in [-0.15, -0.1) is 0 Å². The van der Waals surface area contributed by atoms with Crippen molar-refractivity contribution in [2.75, 3.05) is 27.2 Å². The predicted molar refractivity (Wildman–Crippen MR) is 69.7 cm³/mol. The third-order valence-corrected chi connectivity index (χ3v) is 4.75. The summed E-state index contributed by atoms with van der Waals surface area (Å²) in [6, 6.07) is 0.884. The molecule has 0 saturated heterocycles. The molecule has 0 heterocycles. The Morgan fingerprint density at radius 3 is 2.31 bits per heavy atom. The maximum Gasteiger partial charge on any atom is 0.00924 e. The van der Waals surface area contributed by atoms with Crippen LogP contribution in [0.25, 0.3) is 0 Å². The Morgan fingerprint density at radius 1 is 1.12 bits per heavy atom. The molecule has 0 aliphatic heterocycles. The van der Waals surface area contributed by atoms with Crippen LogP contribution in [-0.4, -0.2) is 38.1 Å². The molecule has 0 bridgehead atoms. The standard InChI is InChI=1S/C14H28N2/c1-15-11-14(9-5-6-10-14)12-16(2)13-7-3-4-8-13/h13,15H,3-12H2,1-2H3. The molecule has 94 valence electrons. The average Bonchev–Trinajstić information content (AvgIpc) is 2.88. The average molecular weight is 224 g/mol. The molecule has 2 heteroatoms. The summed E-state index contributed by atoms with van der Waals surface area (Å²) in [5.41, 5.74) is 0.589. The van der Waals surface area contributed by atoms with E-state index in [4.69, 9.17) is 0 Å². The first-order chi connectivity index (χ1) is 7.76. The Morgan fingerprint density at radius 2 is 1.75 bits per heavy atom. The normalized spacial score (nSPS) is 25.7. The van der Waals surface area contributed by atoms with Crippen LogP contribution in [0.15, 0.2) is 0 Å². The van der Waals surface area contributed by atoms with Gasteiger partial charge in [0.15, 0.2) is 0 Å². The number of hydrogen-bond donors (Lipinski definition) is 1. The molecular weight excluding hydrogens is 196 g/mol. The topological polar surface area (TPSA) is 15.3 Å². The van der Waals surface area contributed by atoms with Gasteiger partial charge in [-0.05, 0) is 45.2 Å². The summed E-state index contributed by atoms with van der Waals surface area (Å²) in [5, 5.41) is 3.42. The largest absolute Gasteiger partial charge is 0.319 e. The maximum absolute atomic E-state index is 3.42. The lowest BCUT2D eigenvalue weighted by Crippen LogP contribution is -2.43. The summed E-state index contributed by atoms with van der Waals surface area (Å²) < 4.78 is 0. The minimum absolute atomic E-state index is 0.589. The molecule has 2 aliphatic rings. The molecule has 2 rings (SSSR count). The fraction of sp³-hybridized carbons (Fsp3) is 1.00. The van der Waals surface area contributed by atoms with Crippen LogP contribution in [0.2, 0.25) is 0 Å². The van der Waals surface area contributed by atoms with Crippen molar-refractivity contribution in [1.82, 2.24) is 10.2 Å². The van der Waals surface area contributed by atoms with Gasteiger partial charge in [-0.2, -0.15) is 0 Å². The molecule has 16 heavy (non-hydrogen) atoms. The van der Waals surface area contributed by atoms with E-state index in [1.54, 1.807) is 0 Å². The highest BCUT2D eigenvalue weighted by molar-refractivity contribution is 4.90. The lowest BCUT2D eigenvalue weighted by Gasteiger charge is -2.36. The summed E-state index contributed by atoms with van der Waals surface area (Å²) >= 11 is 0. The summed E-state index contributed by atoms with van der Waals surface area (Å²) in [6.45, 7) is 2.53. The highest BCUT2D eigenvalue weighted by Crippen LogP contribution is 2.39. The van der Waals surface area contributed by atoms with Crippen molar-refractivity contribution in [1.29, 1.82) is 0 Å². The van der Waals surface area contributed by atoms with Gasteiger partial charge in [0.1, 0.15) is 0 Å². The molecule has 0 radical (unpaired) electrons. The summed E-state index contributed by atoms with van der Waals surface area (Å²) in [6.07, 6.45) is 11.5. The van der Waals surface area contributed by atoms with Crippen molar-refractivity contribution < 1.29 is 0 Å². The molecule has 0 aromatic carbocycles. The minimum Gasteiger partial charge on any atom is -0.319 e. The molecule has 0 aromatic heterocycles. The summed E-state index contributed by atoms with van der Waals surface area (Å²) in [5.74, 6) is 0. The molecule has 0 spiro atoms. The van der Waals surface area contributed by atoms with Crippen LogP contribution in [0.1, 0.15) is 51.4 Å². The first kappa shape index (κ1) is 12.4. The molecular formula is C14H28N2. The smallest absolute Gasteiger partial charge is 0.00924 e. The van der Waals surface area contributed by atoms with E-state index >= 15 is 0 Å². The second kappa shape index (κ2) is 5.50. The van der Waals surface area contributed by atoms with Crippen molar-refractivity contribution in [3.63, 3.8) is 0 Å². The van der Waals surface area contributed by atoms with E-state index < -0.39 is 0 Å². The number of hydrogen-bond acceptors (Lipinski definition) is 2. The molecule has 2 saturated carbocycles. The van der Waals surface area contributed by atoms with Crippen LogP contribution >= 0.6 is 0 Å². The van der Waals surface area contributed by atoms with E-state index in [2.05, 4.69) is 24.3 Å². The van der Waals surface area contributed by atoms with Gasteiger partial charge in [-0.3, -0.25) is 0 Å². The third-order valence-electron chi connectivity index (χ3n) is 4.75. The van der Waals surface area contributed by atoms with E-state index in [9.17, 15) is 0 Å². The zero-order valence-electron chi connectivity index (χ0n) is 11.1. The maximum atomic E-state index is 3.42. The first-order valence-electron chi connectivity index (χ1n) is 7.11. The molecule has 2 aliphatic carbocycles. The van der Waals surface area contributed by atoms with E-state index in [1.807, 2.05) is 0 Å². The Bertz CT molecular complexity index is 203. The Balaban J connectivity index is 1.89. The van der Waals surface area contributed by atoms with Gasteiger partial charge in [0.05, 0.1) is 0 Å². The van der Waals surface area contributed by atoms with Gasteiger partial charge in [0.2, 0.25) is 0 Å². The molecule has 2 fully saturated rings. The van der Waals surface area contributed by atoms with Crippen molar-refractivity contribution in [3.05, 3.63) is 0 Å². The monoisotopic (exact) mass is 224 g/mol. The highest BCUT2D eigenvalue weighted by atomic mass is 15.1. The van der Waals surface area contributed by atoms with Crippen molar-refractivity contribution >= 4 is 0 Å². The molecule has 0 atom stereocenters. The number of nitrogens with one attached hydrogen (secondary N) is 1. The lowest BCUT2D eigenvalue weighted by molar-refractivity contribution is 0.138. The predicted octanol–water partition coefficient (Wildman–Crippen LogP) is 2.64. The fourth-order valence-electron chi connectivity index (χ4n) is 3.89. The minimum atomic E-state index is 0.589. The molecule has 1 N–H and O–H groups in total. The number of rotatable bonds is 5. The third kappa shape index (κ3) is 2.78. The Hall–Kier alpha value is -0.0800. The quantitative estimate of drug-likeness (QED) is 0.772. The zero-order chi connectivity index (χ0) is 11.4. The van der Waals surface area contributed by atoms with Crippen LogP contribution in [0.5, 0.6) is 0 Å². The van der Waals surface area contributed by atoms with Crippen molar-refractivity contribution in [2.45, 2.75) is 57.4 Å². The Labute approximate surface area is 101 Å². The second-order valence-electron chi connectivity index (χ2n) is 6.09. The summed E-state index contributed by atoms with van der Waals surface area (Å²) in [4.78, 5) is 2.66. The fourth-order valence-corrected chi connectivity index (χ4v) is 3.89. The Kier molecular flexibility index (Phi) is 4.26. The van der Waals surface area contributed by atoms with Gasteiger partial charge in [0.25, 0.3) is 0 Å². The van der Waals surface area contributed by atoms with Crippen LogP contribution in [0, 0.1) is 5.41 Å². The van der Waals surface area contributed by atoms with Gasteiger partial charge in [0, 0.05) is 19.1 Å². The van der Waals surface area contributed by atoms with Crippen LogP contribution in [0.3, 0.4) is 0 Å². The van der Waals surface area contributed by atoms with Crippen LogP contribution in [0.4, 0.5) is 0 Å². The van der Waals surface area contributed by atoms with Crippen molar-refractivity contribution in [3.8, 4) is 0 Å². The van der Waals surface area contributed by atoms with Crippen molar-refractivity contribution in [2.24, 2.45) is 5.41 Å². The lowest BCUT2D eigenvalue weighted by atomic mass is 9.85. The zero-order valence-corrected chi connectivity index (χ0v) is 11.1. The van der Waals surface area contributed by atoms with E-state index in [-0.39, 0.29) is 0 Å². The van der Waals surface area contributed by atoms with Gasteiger partial charge in [-0.25, -0.2) is 0 Å². The van der Waals surface area contributed by atoms with E-state index in [1.165, 1.54) is 64.5 Å². The van der Waals surface area contributed by atoms with Gasteiger partial charge < -0.3 is 10.2 Å². The van der Waals surface area contributed by atoms with E-state index in [0.29, 0.717) is 5.41 Å². The second-order valence-corrected chi connectivity index (χ2v) is 6.09. The SMILES string of the molecule is CNCC1(CN(C)C2CCCC2)CCCC1. The van der Waals surface area contributed by atoms with E-state index in [0.717, 1.165) is 6.04 Å². The molecule has 0 aromatic rings. The highest BCUT2D eigenvalue weighted by Gasteiger charge is 2.35. The summed E-state index contributed by atoms with van der Waals surface area (Å²) in [7, 11) is 4.46. The first-order valence-corrected chi connectivity index (χ1v) is 7.11. The molecule has 0 amide bonds. The van der Waals surface area contributed by atoms with Crippen LogP contribution < -0.4 is 5.32 Å². The molecule has 2 nitrogen and oxygen atoms in total. The van der Waals surface area contributed by atoms with Gasteiger partial charge in [-0.1, -0.05) is 25.7 Å².